The summed E-state index contributed by atoms with van der Waals surface area (Å²) in [6, 6.07) is 0. The zero-order valence-electron chi connectivity index (χ0n) is 5.92. The normalized spacial score (nSPS) is 21.0. The molecule has 2 N–H and O–H groups in total. The molecule has 0 bridgehead atoms. The van der Waals surface area contributed by atoms with Gasteiger partial charge in [0.25, 0.3) is 0 Å². The van der Waals surface area contributed by atoms with E-state index in [0.717, 1.165) is 23.5 Å². The van der Waals surface area contributed by atoms with Crippen molar-refractivity contribution in [3.05, 3.63) is 16.1 Å². The molecule has 0 aromatic carbocycles. The molecule has 0 saturated heterocycles. The SMILES string of the molecule is Cc1nc(C2(N)CC2)cs1. The van der Waals surface area contributed by atoms with Crippen molar-refractivity contribution >= 4 is 11.3 Å². The Morgan fingerprint density at radius 3 is 2.80 bits per heavy atom. The largest absolute Gasteiger partial charge is 0.320 e. The molecule has 1 aliphatic carbocycles. The van der Waals surface area contributed by atoms with E-state index in [2.05, 4.69) is 10.4 Å². The fourth-order valence-electron chi connectivity index (χ4n) is 0.983. The molecule has 0 aliphatic heterocycles. The fourth-order valence-corrected chi connectivity index (χ4v) is 1.70. The van der Waals surface area contributed by atoms with Crippen molar-refractivity contribution in [3.63, 3.8) is 0 Å². The van der Waals surface area contributed by atoms with Gasteiger partial charge in [0.05, 0.1) is 16.2 Å². The summed E-state index contributed by atoms with van der Waals surface area (Å²) in [4.78, 5) is 4.34. The van der Waals surface area contributed by atoms with Gasteiger partial charge in [-0.25, -0.2) is 4.98 Å². The second kappa shape index (κ2) is 1.80. The van der Waals surface area contributed by atoms with Gasteiger partial charge in [0, 0.05) is 5.38 Å². The summed E-state index contributed by atoms with van der Waals surface area (Å²) in [7, 11) is 0. The first-order chi connectivity index (χ1) is 4.71. The molecular formula is C7H10N2S. The van der Waals surface area contributed by atoms with Crippen LogP contribution in [0.5, 0.6) is 0 Å². The molecule has 1 saturated carbocycles. The first kappa shape index (κ1) is 6.31. The van der Waals surface area contributed by atoms with Gasteiger partial charge in [-0.15, -0.1) is 11.3 Å². The third kappa shape index (κ3) is 0.859. The smallest absolute Gasteiger partial charge is 0.0898 e. The minimum atomic E-state index is -0.0369. The molecule has 1 aromatic rings. The third-order valence-electron chi connectivity index (χ3n) is 1.92. The lowest BCUT2D eigenvalue weighted by Crippen LogP contribution is -2.18. The second-order valence-corrected chi connectivity index (χ2v) is 3.97. The van der Waals surface area contributed by atoms with Crippen LogP contribution >= 0.6 is 11.3 Å². The molecule has 0 atom stereocenters. The third-order valence-corrected chi connectivity index (χ3v) is 2.69. The van der Waals surface area contributed by atoms with Crippen molar-refractivity contribution in [3.8, 4) is 0 Å². The number of nitrogens with zero attached hydrogens (tertiary/aromatic N) is 1. The van der Waals surface area contributed by atoms with Gasteiger partial charge < -0.3 is 5.73 Å². The molecule has 54 valence electrons. The van der Waals surface area contributed by atoms with Crippen LogP contribution in [0.1, 0.15) is 23.5 Å². The first-order valence-electron chi connectivity index (χ1n) is 3.42. The standard InChI is InChI=1S/C7H10N2S/c1-5-9-6(4-10-5)7(8)2-3-7/h4H,2-3,8H2,1H3. The van der Waals surface area contributed by atoms with Crippen LogP contribution in [0.3, 0.4) is 0 Å². The van der Waals surface area contributed by atoms with Crippen molar-refractivity contribution in [1.29, 1.82) is 0 Å². The molecule has 1 aliphatic rings. The Balaban J connectivity index is 2.34. The minimum absolute atomic E-state index is 0.0369. The number of thiazole rings is 1. The number of hydrogen-bond acceptors (Lipinski definition) is 3. The molecule has 0 amide bonds. The molecule has 2 rings (SSSR count). The summed E-state index contributed by atoms with van der Waals surface area (Å²) >= 11 is 1.68. The molecule has 1 aromatic heterocycles. The number of hydrogen-bond donors (Lipinski definition) is 1. The monoisotopic (exact) mass is 154 g/mol. The molecule has 0 unspecified atom stereocenters. The summed E-state index contributed by atoms with van der Waals surface area (Å²) in [5.74, 6) is 0. The number of aromatic nitrogens is 1. The highest BCUT2D eigenvalue weighted by Crippen LogP contribution is 2.42. The van der Waals surface area contributed by atoms with E-state index in [1.807, 2.05) is 6.92 Å². The maximum absolute atomic E-state index is 5.93. The lowest BCUT2D eigenvalue weighted by molar-refractivity contribution is 0.712. The van der Waals surface area contributed by atoms with Crippen molar-refractivity contribution in [2.75, 3.05) is 0 Å². The highest BCUT2D eigenvalue weighted by molar-refractivity contribution is 7.09. The molecule has 1 fully saturated rings. The van der Waals surface area contributed by atoms with Crippen molar-refractivity contribution in [2.24, 2.45) is 5.73 Å². The van der Waals surface area contributed by atoms with Gasteiger partial charge in [-0.3, -0.25) is 0 Å². The minimum Gasteiger partial charge on any atom is -0.320 e. The van der Waals surface area contributed by atoms with E-state index in [-0.39, 0.29) is 5.54 Å². The molecule has 0 spiro atoms. The van der Waals surface area contributed by atoms with Crippen LogP contribution in [0.2, 0.25) is 0 Å². The van der Waals surface area contributed by atoms with Crippen molar-refractivity contribution in [2.45, 2.75) is 25.3 Å². The Hall–Kier alpha value is -0.410. The van der Waals surface area contributed by atoms with Gasteiger partial charge in [-0.05, 0) is 19.8 Å². The topological polar surface area (TPSA) is 38.9 Å². The van der Waals surface area contributed by atoms with E-state index in [1.165, 1.54) is 0 Å². The van der Waals surface area contributed by atoms with E-state index in [0.29, 0.717) is 0 Å². The predicted octanol–water partition coefficient (Wildman–Crippen LogP) is 1.40. The summed E-state index contributed by atoms with van der Waals surface area (Å²) in [6.07, 6.45) is 2.21. The predicted molar refractivity (Wildman–Crippen MR) is 42.0 cm³/mol. The lowest BCUT2D eigenvalue weighted by Gasteiger charge is -2.01. The van der Waals surface area contributed by atoms with Crippen LogP contribution < -0.4 is 5.73 Å². The number of nitrogens with two attached hydrogens (primary N) is 1. The Morgan fingerprint density at radius 2 is 2.40 bits per heavy atom. The van der Waals surface area contributed by atoms with Crippen molar-refractivity contribution in [1.82, 2.24) is 4.98 Å². The number of aryl methyl sites for hydroxylation is 1. The van der Waals surface area contributed by atoms with Gasteiger partial charge >= 0.3 is 0 Å². The molecule has 3 heteroatoms. The zero-order chi connectivity index (χ0) is 7.19. The average molecular weight is 154 g/mol. The van der Waals surface area contributed by atoms with E-state index >= 15 is 0 Å². The molecule has 10 heavy (non-hydrogen) atoms. The fraction of sp³-hybridized carbons (Fsp3) is 0.571. The van der Waals surface area contributed by atoms with Crippen LogP contribution in [-0.4, -0.2) is 4.98 Å². The van der Waals surface area contributed by atoms with E-state index in [1.54, 1.807) is 11.3 Å². The maximum atomic E-state index is 5.93. The quantitative estimate of drug-likeness (QED) is 0.664. The Kier molecular flexibility index (Phi) is 1.13. The van der Waals surface area contributed by atoms with Crippen LogP contribution in [0.15, 0.2) is 5.38 Å². The molecule has 2 nitrogen and oxygen atoms in total. The van der Waals surface area contributed by atoms with Crippen molar-refractivity contribution < 1.29 is 0 Å². The summed E-state index contributed by atoms with van der Waals surface area (Å²) in [5.41, 5.74) is 6.98. The van der Waals surface area contributed by atoms with Crippen LogP contribution in [0.25, 0.3) is 0 Å². The Morgan fingerprint density at radius 1 is 1.70 bits per heavy atom. The first-order valence-corrected chi connectivity index (χ1v) is 4.30. The van der Waals surface area contributed by atoms with E-state index in [9.17, 15) is 0 Å². The molecule has 1 heterocycles. The highest BCUT2D eigenvalue weighted by Gasteiger charge is 2.41. The Labute approximate surface area is 64.1 Å². The lowest BCUT2D eigenvalue weighted by atomic mass is 10.2. The van der Waals surface area contributed by atoms with Crippen LogP contribution in [0, 0.1) is 6.92 Å². The highest BCUT2D eigenvalue weighted by atomic mass is 32.1. The second-order valence-electron chi connectivity index (χ2n) is 2.91. The summed E-state index contributed by atoms with van der Waals surface area (Å²) in [5, 5.41) is 3.19. The van der Waals surface area contributed by atoms with Gasteiger partial charge in [0.1, 0.15) is 0 Å². The maximum Gasteiger partial charge on any atom is 0.0898 e. The van der Waals surface area contributed by atoms with E-state index < -0.39 is 0 Å². The average Bonchev–Trinajstić information content (AvgIpc) is 2.45. The number of rotatable bonds is 1. The summed E-state index contributed by atoms with van der Waals surface area (Å²) in [6.45, 7) is 2.01. The zero-order valence-corrected chi connectivity index (χ0v) is 6.74. The molecular weight excluding hydrogens is 144 g/mol. The van der Waals surface area contributed by atoms with Gasteiger partial charge in [-0.2, -0.15) is 0 Å². The Bertz CT molecular complexity index is 250. The van der Waals surface area contributed by atoms with Crippen LogP contribution in [0.4, 0.5) is 0 Å². The van der Waals surface area contributed by atoms with Gasteiger partial charge in [0.2, 0.25) is 0 Å². The van der Waals surface area contributed by atoms with E-state index in [4.69, 9.17) is 5.73 Å². The van der Waals surface area contributed by atoms with Gasteiger partial charge in [-0.1, -0.05) is 0 Å². The molecule has 0 radical (unpaired) electrons. The summed E-state index contributed by atoms with van der Waals surface area (Å²) < 4.78 is 0. The van der Waals surface area contributed by atoms with Crippen LogP contribution in [-0.2, 0) is 5.54 Å². The van der Waals surface area contributed by atoms with Gasteiger partial charge in [0.15, 0.2) is 0 Å².